The number of pyridine rings is 2. The van der Waals surface area contributed by atoms with Crippen LogP contribution in [0.4, 0.5) is 14.6 Å². The van der Waals surface area contributed by atoms with Gasteiger partial charge in [0.25, 0.3) is 17.9 Å². The monoisotopic (exact) mass is 492 g/mol. The molecule has 0 bridgehead atoms. The van der Waals surface area contributed by atoms with Crippen molar-refractivity contribution in [1.82, 2.24) is 24.6 Å². The van der Waals surface area contributed by atoms with E-state index < -0.39 is 18.0 Å². The van der Waals surface area contributed by atoms with Crippen molar-refractivity contribution in [2.75, 3.05) is 5.73 Å². The van der Waals surface area contributed by atoms with Gasteiger partial charge in [0.15, 0.2) is 0 Å². The number of benzene rings is 1. The van der Waals surface area contributed by atoms with E-state index >= 15 is 0 Å². The molecular weight excluding hydrogens is 466 g/mol. The Labute approximate surface area is 206 Å². The molecule has 36 heavy (non-hydrogen) atoms. The number of nitrogens with zero attached hydrogens (tertiary/aromatic N) is 4. The summed E-state index contributed by atoms with van der Waals surface area (Å²) in [6, 6.07) is 14.1. The van der Waals surface area contributed by atoms with Gasteiger partial charge in [-0.15, -0.1) is 0 Å². The van der Waals surface area contributed by atoms with E-state index in [1.54, 1.807) is 35.9 Å². The van der Waals surface area contributed by atoms with E-state index in [0.29, 0.717) is 18.1 Å². The first-order valence-corrected chi connectivity index (χ1v) is 11.3. The number of nitrogen functional groups attached to an aromatic ring is 1. The fourth-order valence-corrected chi connectivity index (χ4v) is 4.00. The largest absolute Gasteiger partial charge is 0.384 e. The summed E-state index contributed by atoms with van der Waals surface area (Å²) < 4.78 is 30.2. The molecule has 186 valence electrons. The van der Waals surface area contributed by atoms with Crippen molar-refractivity contribution < 1.29 is 13.6 Å². The van der Waals surface area contributed by atoms with Gasteiger partial charge in [0.2, 0.25) is 0 Å². The highest BCUT2D eigenvalue weighted by Crippen LogP contribution is 2.22. The third-order valence-corrected chi connectivity index (χ3v) is 5.86. The molecule has 1 amide bonds. The van der Waals surface area contributed by atoms with Gasteiger partial charge in [0, 0.05) is 30.7 Å². The first-order valence-electron chi connectivity index (χ1n) is 11.3. The number of nitrogens with one attached hydrogen (secondary N) is 1. The molecule has 0 spiro atoms. The predicted molar refractivity (Wildman–Crippen MR) is 132 cm³/mol. The zero-order valence-electron chi connectivity index (χ0n) is 19.9. The Bertz CT molecular complexity index is 1420. The quantitative estimate of drug-likeness (QED) is 0.391. The summed E-state index contributed by atoms with van der Waals surface area (Å²) in [5.41, 5.74) is 8.92. The Balaban J connectivity index is 1.47. The van der Waals surface area contributed by atoms with Crippen LogP contribution in [0.2, 0.25) is 0 Å². The van der Waals surface area contributed by atoms with Crippen LogP contribution in [0.1, 0.15) is 50.4 Å². The molecule has 4 rings (SSSR count). The Kier molecular flexibility index (Phi) is 7.23. The summed E-state index contributed by atoms with van der Waals surface area (Å²) in [7, 11) is 0. The van der Waals surface area contributed by atoms with Gasteiger partial charge in [0.1, 0.15) is 11.5 Å². The van der Waals surface area contributed by atoms with Gasteiger partial charge in [-0.2, -0.15) is 5.10 Å². The van der Waals surface area contributed by atoms with E-state index in [1.165, 1.54) is 16.9 Å². The fraction of sp³-hybridized carbons (Fsp3) is 0.231. The maximum atomic E-state index is 13.7. The molecule has 0 saturated heterocycles. The van der Waals surface area contributed by atoms with Gasteiger partial charge in [-0.1, -0.05) is 30.3 Å². The van der Waals surface area contributed by atoms with Crippen LogP contribution in [0, 0.1) is 13.8 Å². The second-order valence-corrected chi connectivity index (χ2v) is 8.52. The van der Waals surface area contributed by atoms with Crippen LogP contribution in [0.15, 0.2) is 65.7 Å². The minimum Gasteiger partial charge on any atom is -0.384 e. The third kappa shape index (κ3) is 5.65. The molecule has 8 nitrogen and oxygen atoms in total. The van der Waals surface area contributed by atoms with E-state index in [-0.39, 0.29) is 24.2 Å². The lowest BCUT2D eigenvalue weighted by Gasteiger charge is -2.11. The zero-order chi connectivity index (χ0) is 25.8. The lowest BCUT2D eigenvalue weighted by atomic mass is 10.1. The van der Waals surface area contributed by atoms with Crippen LogP contribution in [-0.4, -0.2) is 25.2 Å². The van der Waals surface area contributed by atoms with Gasteiger partial charge in [-0.05, 0) is 48.2 Å². The number of hydrogen-bond acceptors (Lipinski definition) is 5. The van der Waals surface area contributed by atoms with Crippen molar-refractivity contribution in [3.8, 4) is 0 Å². The van der Waals surface area contributed by atoms with Crippen LogP contribution in [0.3, 0.4) is 0 Å². The van der Waals surface area contributed by atoms with Crippen molar-refractivity contribution in [3.05, 3.63) is 110 Å². The fourth-order valence-electron chi connectivity index (χ4n) is 4.00. The van der Waals surface area contributed by atoms with Gasteiger partial charge in [0.05, 0.1) is 18.7 Å². The summed E-state index contributed by atoms with van der Waals surface area (Å²) in [4.78, 5) is 28.9. The van der Waals surface area contributed by atoms with Crippen molar-refractivity contribution >= 4 is 11.7 Å². The maximum absolute atomic E-state index is 13.7. The molecule has 3 heterocycles. The number of carbonyl (C=O) groups excluding carboxylic acids is 1. The van der Waals surface area contributed by atoms with E-state index in [2.05, 4.69) is 15.4 Å². The summed E-state index contributed by atoms with van der Waals surface area (Å²) in [5.74, 6) is -0.265. The molecule has 4 aromatic rings. The smallest absolute Gasteiger partial charge is 0.282 e. The van der Waals surface area contributed by atoms with Gasteiger partial charge in [-0.25, -0.2) is 13.8 Å². The van der Waals surface area contributed by atoms with Crippen LogP contribution in [0.5, 0.6) is 0 Å². The van der Waals surface area contributed by atoms with Crippen molar-refractivity contribution in [3.63, 3.8) is 0 Å². The molecule has 0 aliphatic heterocycles. The highest BCUT2D eigenvalue weighted by atomic mass is 19.3. The number of aromatic nitrogens is 4. The average molecular weight is 493 g/mol. The SMILES string of the molecule is Cc1cc(N)nc(C)c1CNC(=O)c1cn(Cc2ccc(Cn3ccccc3=O)cc2)nc1C(F)F. The van der Waals surface area contributed by atoms with E-state index in [0.717, 1.165) is 22.3 Å². The minimum absolute atomic E-state index is 0.0959. The number of alkyl halides is 2. The van der Waals surface area contributed by atoms with Crippen LogP contribution in [0.25, 0.3) is 0 Å². The maximum Gasteiger partial charge on any atom is 0.282 e. The number of rotatable bonds is 8. The van der Waals surface area contributed by atoms with E-state index in [9.17, 15) is 18.4 Å². The van der Waals surface area contributed by atoms with E-state index in [1.807, 2.05) is 31.2 Å². The minimum atomic E-state index is -2.90. The van der Waals surface area contributed by atoms with Gasteiger partial charge >= 0.3 is 0 Å². The Morgan fingerprint density at radius 2 is 1.78 bits per heavy atom. The molecule has 1 aromatic carbocycles. The molecule has 0 radical (unpaired) electrons. The van der Waals surface area contributed by atoms with Crippen LogP contribution < -0.4 is 16.6 Å². The first kappa shape index (κ1) is 24.8. The topological polar surface area (TPSA) is 108 Å². The Hall–Kier alpha value is -4.34. The van der Waals surface area contributed by atoms with Crippen molar-refractivity contribution in [2.45, 2.75) is 39.9 Å². The van der Waals surface area contributed by atoms with Crippen molar-refractivity contribution in [1.29, 1.82) is 0 Å². The molecule has 0 unspecified atom stereocenters. The molecule has 0 fully saturated rings. The van der Waals surface area contributed by atoms with Crippen molar-refractivity contribution in [2.24, 2.45) is 0 Å². The number of amides is 1. The molecule has 3 aromatic heterocycles. The molecule has 0 saturated carbocycles. The normalized spacial score (nSPS) is 11.1. The van der Waals surface area contributed by atoms with Crippen LogP contribution >= 0.6 is 0 Å². The van der Waals surface area contributed by atoms with E-state index in [4.69, 9.17) is 5.73 Å². The summed E-state index contributed by atoms with van der Waals surface area (Å²) in [6.07, 6.45) is 0.139. The number of halogens is 2. The second-order valence-electron chi connectivity index (χ2n) is 8.52. The molecular formula is C26H26F2N6O2. The second kappa shape index (κ2) is 10.5. The summed E-state index contributed by atoms with van der Waals surface area (Å²) in [6.45, 7) is 4.38. The molecule has 10 heteroatoms. The standard InChI is InChI=1S/C26H26F2N6O2/c1-16-11-22(29)31-17(2)20(16)12-30-26(36)21-15-34(32-24(21)25(27)28)14-19-8-6-18(7-9-19)13-33-10-4-3-5-23(33)35/h3-11,15,25H,12-14H2,1-2H3,(H2,29,31)(H,30,36). The van der Waals surface area contributed by atoms with Gasteiger partial charge < -0.3 is 15.6 Å². The number of anilines is 1. The Morgan fingerprint density at radius 1 is 1.08 bits per heavy atom. The van der Waals surface area contributed by atoms with Gasteiger partial charge in [-0.3, -0.25) is 14.3 Å². The number of carbonyl (C=O) groups is 1. The lowest BCUT2D eigenvalue weighted by molar-refractivity contribution is 0.0936. The first-order chi connectivity index (χ1) is 17.2. The summed E-state index contributed by atoms with van der Waals surface area (Å²) >= 11 is 0. The lowest BCUT2D eigenvalue weighted by Crippen LogP contribution is -2.24. The molecule has 0 aliphatic carbocycles. The number of nitrogens with two attached hydrogens (primary N) is 1. The zero-order valence-corrected chi connectivity index (χ0v) is 19.9. The average Bonchev–Trinajstić information content (AvgIpc) is 3.25. The summed E-state index contributed by atoms with van der Waals surface area (Å²) in [5, 5.41) is 6.65. The molecule has 0 atom stereocenters. The highest BCUT2D eigenvalue weighted by Gasteiger charge is 2.23. The molecule has 3 N–H and O–H groups in total. The third-order valence-electron chi connectivity index (χ3n) is 5.86. The predicted octanol–water partition coefficient (Wildman–Crippen LogP) is 3.60. The Morgan fingerprint density at radius 3 is 2.42 bits per heavy atom. The molecule has 0 aliphatic rings. The van der Waals surface area contributed by atoms with Crippen LogP contribution in [-0.2, 0) is 19.6 Å². The number of aryl methyl sites for hydroxylation is 2. The number of hydrogen-bond donors (Lipinski definition) is 2. The highest BCUT2D eigenvalue weighted by molar-refractivity contribution is 5.95.